The zero-order chi connectivity index (χ0) is 29.2. The molecule has 2 aromatic rings. The van der Waals surface area contributed by atoms with Gasteiger partial charge in [0.25, 0.3) is 0 Å². The number of aliphatic hydroxyl groups is 1. The molecule has 3 amide bonds. The van der Waals surface area contributed by atoms with E-state index in [1.54, 1.807) is 53.4 Å². The number of carbonyl (C=O) groups is 3. The molecule has 3 fully saturated rings. The molecule has 41 heavy (non-hydrogen) atoms. The molecule has 0 aromatic heterocycles. The number of ether oxygens (including phenoxy) is 2. The van der Waals surface area contributed by atoms with Crippen LogP contribution in [0.15, 0.2) is 48.5 Å². The van der Waals surface area contributed by atoms with Crippen LogP contribution in [0.2, 0.25) is 5.02 Å². The fraction of sp³-hybridized carbons (Fsp3) is 0.516. The number of aliphatic hydroxyl groups excluding tert-OH is 1. The standard InChI is InChI=1S/C31H38ClN3O6/c1-3-40-23-14-12-22(13-15-23)33-27(37)24-25-29(39)35(18-6-4-5-7-19-36)26(31(25)17-16-30(24,2)41-31)28(38)34-21-10-8-20(32)9-11-21/h8-15,24-26,36H,3-7,16-19H2,1-2H3,(H,33,37)(H,34,38)/t24-,25-,26?,30+,31?/m0/s1. The summed E-state index contributed by atoms with van der Waals surface area (Å²) in [5, 5.41) is 15.6. The predicted molar refractivity (Wildman–Crippen MR) is 156 cm³/mol. The summed E-state index contributed by atoms with van der Waals surface area (Å²) in [6, 6.07) is 13.1. The van der Waals surface area contributed by atoms with Gasteiger partial charge in [0.1, 0.15) is 17.4 Å². The molecule has 0 radical (unpaired) electrons. The van der Waals surface area contributed by atoms with E-state index in [1.165, 1.54) is 0 Å². The van der Waals surface area contributed by atoms with E-state index in [2.05, 4.69) is 10.6 Å². The van der Waals surface area contributed by atoms with Crippen LogP contribution in [0.25, 0.3) is 0 Å². The summed E-state index contributed by atoms with van der Waals surface area (Å²) in [4.78, 5) is 43.5. The van der Waals surface area contributed by atoms with Gasteiger partial charge in [-0.25, -0.2) is 0 Å². The smallest absolute Gasteiger partial charge is 0.250 e. The SMILES string of the molecule is CCOc1ccc(NC(=O)[C@@H]2[C@H]3C(=O)N(CCCCCCO)C(C(=O)Nc4ccc(Cl)cc4)C34CC[C@@]2(C)O4)cc1. The zero-order valence-electron chi connectivity index (χ0n) is 23.5. The highest BCUT2D eigenvalue weighted by Gasteiger charge is 2.77. The number of rotatable bonds is 12. The molecule has 3 aliphatic rings. The van der Waals surface area contributed by atoms with Crippen LogP contribution in [0.1, 0.15) is 52.4 Å². The van der Waals surface area contributed by atoms with Crippen LogP contribution in [0, 0.1) is 11.8 Å². The molecule has 0 aliphatic carbocycles. The molecule has 2 unspecified atom stereocenters. The van der Waals surface area contributed by atoms with Crippen molar-refractivity contribution >= 4 is 40.7 Å². The van der Waals surface area contributed by atoms with Crippen molar-refractivity contribution in [3.8, 4) is 5.75 Å². The highest BCUT2D eigenvalue weighted by Crippen LogP contribution is 2.63. The van der Waals surface area contributed by atoms with E-state index in [-0.39, 0.29) is 24.3 Å². The van der Waals surface area contributed by atoms with Crippen LogP contribution < -0.4 is 15.4 Å². The molecule has 2 bridgehead atoms. The molecule has 220 valence electrons. The van der Waals surface area contributed by atoms with Crippen LogP contribution in [0.4, 0.5) is 11.4 Å². The molecule has 3 saturated heterocycles. The Bertz CT molecular complexity index is 1270. The summed E-state index contributed by atoms with van der Waals surface area (Å²) in [5.74, 6) is -1.68. The van der Waals surface area contributed by atoms with Crippen molar-refractivity contribution < 1.29 is 29.0 Å². The lowest BCUT2D eigenvalue weighted by Crippen LogP contribution is -2.53. The van der Waals surface area contributed by atoms with Crippen molar-refractivity contribution in [3.05, 3.63) is 53.6 Å². The van der Waals surface area contributed by atoms with Crippen molar-refractivity contribution in [2.75, 3.05) is 30.4 Å². The number of hydrogen-bond donors (Lipinski definition) is 3. The maximum absolute atomic E-state index is 14.1. The Morgan fingerprint density at radius 1 is 1.00 bits per heavy atom. The van der Waals surface area contributed by atoms with E-state index in [1.807, 2.05) is 13.8 Å². The van der Waals surface area contributed by atoms with Crippen LogP contribution in [-0.2, 0) is 19.1 Å². The van der Waals surface area contributed by atoms with Crippen molar-refractivity contribution in [1.29, 1.82) is 0 Å². The van der Waals surface area contributed by atoms with Crippen LogP contribution in [0.3, 0.4) is 0 Å². The average Bonchev–Trinajstić information content (AvgIpc) is 3.51. The molecule has 5 atom stereocenters. The lowest BCUT2D eigenvalue weighted by atomic mass is 9.66. The van der Waals surface area contributed by atoms with Crippen LogP contribution in [-0.4, -0.2) is 64.7 Å². The summed E-state index contributed by atoms with van der Waals surface area (Å²) in [5.41, 5.74) is -0.809. The number of hydrogen-bond acceptors (Lipinski definition) is 6. The van der Waals surface area contributed by atoms with Gasteiger partial charge in [-0.2, -0.15) is 0 Å². The van der Waals surface area contributed by atoms with E-state index in [9.17, 15) is 14.4 Å². The van der Waals surface area contributed by atoms with E-state index < -0.39 is 29.1 Å². The molecular formula is C31H38ClN3O6. The summed E-state index contributed by atoms with van der Waals surface area (Å²) in [6.07, 6.45) is 4.08. The Morgan fingerprint density at radius 2 is 1.63 bits per heavy atom. The second-order valence-corrected chi connectivity index (χ2v) is 11.8. The van der Waals surface area contributed by atoms with Crippen LogP contribution in [0.5, 0.6) is 5.75 Å². The number of fused-ring (bicyclic) bond motifs is 1. The van der Waals surface area contributed by atoms with Crippen molar-refractivity contribution in [3.63, 3.8) is 0 Å². The van der Waals surface area contributed by atoms with Crippen molar-refractivity contribution in [2.45, 2.75) is 69.6 Å². The summed E-state index contributed by atoms with van der Waals surface area (Å²) < 4.78 is 12.2. The third-order valence-electron chi connectivity index (χ3n) is 8.66. The quantitative estimate of drug-likeness (QED) is 0.314. The normalized spacial score (nSPS) is 28.0. The Hall–Kier alpha value is -3.14. The van der Waals surface area contributed by atoms with E-state index in [0.717, 1.165) is 12.8 Å². The van der Waals surface area contributed by atoms with Crippen molar-refractivity contribution in [2.24, 2.45) is 11.8 Å². The van der Waals surface area contributed by atoms with E-state index in [0.29, 0.717) is 61.0 Å². The number of likely N-dealkylation sites (tertiary alicyclic amines) is 1. The molecule has 3 aliphatic heterocycles. The van der Waals surface area contributed by atoms with Gasteiger partial charge >= 0.3 is 0 Å². The van der Waals surface area contributed by atoms with Gasteiger partial charge in [-0.05, 0) is 88.1 Å². The summed E-state index contributed by atoms with van der Waals surface area (Å²) in [6.45, 7) is 4.82. The second kappa shape index (κ2) is 12.0. The van der Waals surface area contributed by atoms with E-state index in [4.69, 9.17) is 26.2 Å². The Labute approximate surface area is 245 Å². The van der Waals surface area contributed by atoms with Gasteiger partial charge in [0.05, 0.1) is 24.0 Å². The van der Waals surface area contributed by atoms with Gasteiger partial charge in [-0.15, -0.1) is 0 Å². The first-order valence-electron chi connectivity index (χ1n) is 14.4. The highest BCUT2D eigenvalue weighted by molar-refractivity contribution is 6.30. The molecule has 1 spiro atoms. The number of benzene rings is 2. The summed E-state index contributed by atoms with van der Waals surface area (Å²) in [7, 11) is 0. The zero-order valence-corrected chi connectivity index (χ0v) is 24.3. The highest BCUT2D eigenvalue weighted by atomic mass is 35.5. The topological polar surface area (TPSA) is 117 Å². The Morgan fingerprint density at radius 3 is 2.29 bits per heavy atom. The number of nitrogens with one attached hydrogen (secondary N) is 2. The van der Waals surface area contributed by atoms with Crippen LogP contribution >= 0.6 is 11.6 Å². The predicted octanol–water partition coefficient (Wildman–Crippen LogP) is 4.63. The van der Waals surface area contributed by atoms with Gasteiger partial charge < -0.3 is 30.1 Å². The number of halogens is 1. The third-order valence-corrected chi connectivity index (χ3v) is 8.91. The monoisotopic (exact) mass is 583 g/mol. The van der Waals surface area contributed by atoms with Gasteiger partial charge in [0, 0.05) is 29.5 Å². The minimum atomic E-state index is -1.10. The molecule has 0 saturated carbocycles. The van der Waals surface area contributed by atoms with Crippen molar-refractivity contribution in [1.82, 2.24) is 4.90 Å². The largest absolute Gasteiger partial charge is 0.494 e. The molecule has 10 heteroatoms. The number of anilines is 2. The first-order valence-corrected chi connectivity index (χ1v) is 14.8. The molecular weight excluding hydrogens is 546 g/mol. The van der Waals surface area contributed by atoms with Gasteiger partial charge in [0.15, 0.2) is 0 Å². The molecule has 5 rings (SSSR count). The van der Waals surface area contributed by atoms with E-state index >= 15 is 0 Å². The first-order chi connectivity index (χ1) is 19.7. The number of nitrogens with zero attached hydrogens (tertiary/aromatic N) is 1. The fourth-order valence-corrected chi connectivity index (χ4v) is 7.01. The lowest BCUT2D eigenvalue weighted by Gasteiger charge is -2.33. The van der Waals surface area contributed by atoms with Gasteiger partial charge in [-0.3, -0.25) is 14.4 Å². The third kappa shape index (κ3) is 5.55. The number of unbranched alkanes of at least 4 members (excludes halogenated alkanes) is 3. The average molecular weight is 584 g/mol. The summed E-state index contributed by atoms with van der Waals surface area (Å²) >= 11 is 6.03. The molecule has 2 aromatic carbocycles. The number of carbonyl (C=O) groups excluding carboxylic acids is 3. The fourth-order valence-electron chi connectivity index (χ4n) is 6.88. The number of amides is 3. The molecule has 3 heterocycles. The second-order valence-electron chi connectivity index (χ2n) is 11.3. The molecule has 3 N–H and O–H groups in total. The maximum Gasteiger partial charge on any atom is 0.250 e. The minimum Gasteiger partial charge on any atom is -0.494 e. The molecule has 9 nitrogen and oxygen atoms in total. The minimum absolute atomic E-state index is 0.123. The van der Waals surface area contributed by atoms with Gasteiger partial charge in [-0.1, -0.05) is 24.4 Å². The Kier molecular flexibility index (Phi) is 8.59. The first kappa shape index (κ1) is 29.4. The van der Waals surface area contributed by atoms with Gasteiger partial charge in [0.2, 0.25) is 17.7 Å². The lowest BCUT2D eigenvalue weighted by molar-refractivity contribution is -0.143. The maximum atomic E-state index is 14.1. The Balaban J connectivity index is 1.42.